The third-order valence-electron chi connectivity index (χ3n) is 7.28. The minimum absolute atomic E-state index is 0. The number of hydrogen-bond donors (Lipinski definition) is 0. The second-order valence-corrected chi connectivity index (χ2v) is 11.4. The van der Waals surface area contributed by atoms with Crippen LogP contribution in [0.5, 0.6) is 0 Å². The Bertz CT molecular complexity index is 980. The summed E-state index contributed by atoms with van der Waals surface area (Å²) in [4.78, 5) is 0. The van der Waals surface area contributed by atoms with Gasteiger partial charge in [-0.2, -0.15) is 51.6 Å². The Hall–Kier alpha value is -0.747. The van der Waals surface area contributed by atoms with Gasteiger partial charge in [0, 0.05) is 0 Å². The molecule has 0 heterocycles. The van der Waals surface area contributed by atoms with E-state index in [4.69, 9.17) is 0 Å². The first kappa shape index (κ1) is 33.3. The first-order valence-corrected chi connectivity index (χ1v) is 11.6. The van der Waals surface area contributed by atoms with Crippen molar-refractivity contribution >= 4 is 0 Å². The number of rotatable bonds is 0. The molecule has 1 aliphatic rings. The van der Waals surface area contributed by atoms with Gasteiger partial charge in [-0.1, -0.05) is 99.9 Å². The van der Waals surface area contributed by atoms with Crippen LogP contribution in [0, 0.1) is 40.7 Å². The van der Waals surface area contributed by atoms with Crippen molar-refractivity contribution in [3.8, 4) is 11.1 Å². The smallest absolute Gasteiger partial charge is 1.00 e. The van der Waals surface area contributed by atoms with E-state index in [1.54, 1.807) is 0 Å². The summed E-state index contributed by atoms with van der Waals surface area (Å²) in [7, 11) is 0. The molecule has 4 rings (SSSR count). The van der Waals surface area contributed by atoms with E-state index in [-0.39, 0.29) is 61.8 Å². The monoisotopic (exact) mass is 572 g/mol. The minimum Gasteiger partial charge on any atom is -1.00 e. The van der Waals surface area contributed by atoms with E-state index in [2.05, 4.69) is 113 Å². The number of fused-ring (bicyclic) bond motifs is 3. The molecule has 182 valence electrons. The van der Waals surface area contributed by atoms with Crippen LogP contribution in [0.1, 0.15) is 91.6 Å². The fourth-order valence-corrected chi connectivity index (χ4v) is 4.43. The van der Waals surface area contributed by atoms with Crippen LogP contribution in [0.3, 0.4) is 0 Å². The predicted molar refractivity (Wildman–Crippen MR) is 137 cm³/mol. The van der Waals surface area contributed by atoms with Gasteiger partial charge < -0.3 is 24.8 Å². The number of halogens is 2. The Kier molecular flexibility index (Phi) is 11.7. The first-order valence-electron chi connectivity index (χ1n) is 11.6. The van der Waals surface area contributed by atoms with E-state index in [9.17, 15) is 0 Å². The zero-order valence-corrected chi connectivity index (χ0v) is 26.8. The van der Waals surface area contributed by atoms with Crippen molar-refractivity contribution < 1.29 is 51.0 Å². The summed E-state index contributed by atoms with van der Waals surface area (Å²) in [6, 6.07) is 15.2. The molecule has 0 unspecified atom stereocenters. The summed E-state index contributed by atoms with van der Waals surface area (Å²) in [6.07, 6.45) is 1.03. The molecule has 3 aromatic carbocycles. The fraction of sp³-hybridized carbons (Fsp3) is 0.452. The van der Waals surface area contributed by atoms with E-state index < -0.39 is 0 Å². The van der Waals surface area contributed by atoms with Gasteiger partial charge in [0.25, 0.3) is 0 Å². The van der Waals surface area contributed by atoms with Gasteiger partial charge in [0.1, 0.15) is 0 Å². The van der Waals surface area contributed by atoms with Crippen molar-refractivity contribution in [3.63, 3.8) is 0 Å². The van der Waals surface area contributed by atoms with Gasteiger partial charge in [0.2, 0.25) is 0 Å². The minimum atomic E-state index is 0. The molecule has 0 atom stereocenters. The molecule has 3 aromatic rings. The topological polar surface area (TPSA) is 0 Å². The van der Waals surface area contributed by atoms with Crippen LogP contribution < -0.4 is 24.8 Å². The molecule has 0 radical (unpaired) electrons. The van der Waals surface area contributed by atoms with Crippen molar-refractivity contribution in [2.45, 2.75) is 93.4 Å². The van der Waals surface area contributed by atoms with Gasteiger partial charge in [-0.3, -0.25) is 0 Å². The second-order valence-electron chi connectivity index (χ2n) is 11.4. The van der Waals surface area contributed by atoms with E-state index in [0.29, 0.717) is 0 Å². The molecule has 0 aromatic heterocycles. The van der Waals surface area contributed by atoms with Crippen LogP contribution in [0.4, 0.5) is 0 Å². The molecule has 0 saturated carbocycles. The van der Waals surface area contributed by atoms with Crippen molar-refractivity contribution in [2.75, 3.05) is 0 Å². The maximum absolute atomic E-state index is 3.67. The largest absolute Gasteiger partial charge is 4.00 e. The fourth-order valence-electron chi connectivity index (χ4n) is 4.43. The number of benzene rings is 2. The Morgan fingerprint density at radius 3 is 1.65 bits per heavy atom. The Morgan fingerprint density at radius 1 is 0.735 bits per heavy atom. The SMILES string of the molecule is CC(C)(C)c1[c-]c2c(cc1)-c1ccc(C(C)(C)C)cc1C2.Cc1c(C)c(C)[c-](C)c1C.[Cl-].[Cl-].[Zr+4]. The third-order valence-corrected chi connectivity index (χ3v) is 7.28. The Labute approximate surface area is 240 Å². The van der Waals surface area contributed by atoms with Crippen LogP contribution in [0.2, 0.25) is 0 Å². The van der Waals surface area contributed by atoms with Crippen molar-refractivity contribution in [1.29, 1.82) is 0 Å². The third kappa shape index (κ3) is 6.72. The zero-order valence-electron chi connectivity index (χ0n) is 22.8. The predicted octanol–water partition coefficient (Wildman–Crippen LogP) is 2.61. The molecule has 0 nitrogen and oxygen atoms in total. The molecule has 0 amide bonds. The molecule has 0 bridgehead atoms. The molecule has 0 saturated heterocycles. The normalized spacial score (nSPS) is 11.7. The van der Waals surface area contributed by atoms with Gasteiger partial charge in [0.15, 0.2) is 0 Å². The quantitative estimate of drug-likeness (QED) is 0.284. The van der Waals surface area contributed by atoms with Gasteiger partial charge in [-0.15, -0.1) is 11.1 Å². The number of hydrogen-bond acceptors (Lipinski definition) is 0. The molecule has 0 aliphatic heterocycles. The maximum atomic E-state index is 3.67. The van der Waals surface area contributed by atoms with Crippen LogP contribution in [0.15, 0.2) is 30.3 Å². The van der Waals surface area contributed by atoms with E-state index >= 15 is 0 Å². The van der Waals surface area contributed by atoms with Crippen LogP contribution in [-0.4, -0.2) is 0 Å². The summed E-state index contributed by atoms with van der Waals surface area (Å²) in [5.74, 6) is 0. The van der Waals surface area contributed by atoms with E-state index in [1.807, 2.05) is 0 Å². The average Bonchev–Trinajstić information content (AvgIpc) is 3.13. The van der Waals surface area contributed by atoms with Gasteiger partial charge in [0.05, 0.1) is 0 Å². The summed E-state index contributed by atoms with van der Waals surface area (Å²) in [6.45, 7) is 24.6. The molecule has 3 heteroatoms. The van der Waals surface area contributed by atoms with Crippen molar-refractivity contribution in [3.05, 3.63) is 86.5 Å². The molecule has 0 spiro atoms. The van der Waals surface area contributed by atoms with Crippen molar-refractivity contribution in [1.82, 2.24) is 0 Å². The standard InChI is InChI=1S/C21H25.C10H15.2ClH.Zr/c1-20(2,3)16-7-9-18-14(12-16)11-15-13-17(21(4,5)6)8-10-19(15)18;1-6-7(2)9(4)10(5)8(6)3;;;/h7-10,12H,11H2,1-6H3;1-5H3;2*1H;/q2*-1;;;+4/p-2. The summed E-state index contributed by atoms with van der Waals surface area (Å²) >= 11 is 0. The summed E-state index contributed by atoms with van der Waals surface area (Å²) in [5.41, 5.74) is 16.0. The van der Waals surface area contributed by atoms with Crippen LogP contribution in [0.25, 0.3) is 11.1 Å². The molecular weight excluding hydrogens is 534 g/mol. The van der Waals surface area contributed by atoms with Gasteiger partial charge in [-0.25, -0.2) is 0 Å². The average molecular weight is 575 g/mol. The Balaban J connectivity index is 0.000000721. The molecule has 0 fully saturated rings. The first-order chi connectivity index (χ1) is 14.2. The van der Waals surface area contributed by atoms with E-state index in [0.717, 1.165) is 6.42 Å². The van der Waals surface area contributed by atoms with E-state index in [1.165, 1.54) is 61.2 Å². The van der Waals surface area contributed by atoms with Crippen LogP contribution >= 0.6 is 0 Å². The molecule has 1 aliphatic carbocycles. The molecular formula is C31H40Cl2Zr. The Morgan fingerprint density at radius 2 is 1.24 bits per heavy atom. The summed E-state index contributed by atoms with van der Waals surface area (Å²) in [5, 5.41) is 0. The van der Waals surface area contributed by atoms with Gasteiger partial charge >= 0.3 is 26.2 Å². The molecule has 0 N–H and O–H groups in total. The maximum Gasteiger partial charge on any atom is 4.00 e. The zero-order chi connectivity index (χ0) is 23.3. The van der Waals surface area contributed by atoms with Crippen LogP contribution in [-0.2, 0) is 43.5 Å². The summed E-state index contributed by atoms with van der Waals surface area (Å²) < 4.78 is 0. The molecule has 34 heavy (non-hydrogen) atoms. The van der Waals surface area contributed by atoms with Gasteiger partial charge in [-0.05, 0) is 28.4 Å². The second kappa shape index (κ2) is 12.0. The van der Waals surface area contributed by atoms with Crippen molar-refractivity contribution in [2.24, 2.45) is 0 Å².